The van der Waals surface area contributed by atoms with Gasteiger partial charge in [0.2, 0.25) is 5.91 Å². The summed E-state index contributed by atoms with van der Waals surface area (Å²) in [6.45, 7) is 2.46. The lowest BCUT2D eigenvalue weighted by Crippen LogP contribution is -2.49. The number of morpholine rings is 1. The highest BCUT2D eigenvalue weighted by Crippen LogP contribution is 2.13. The second-order valence-electron chi connectivity index (χ2n) is 4.60. The van der Waals surface area contributed by atoms with Gasteiger partial charge in [-0.1, -0.05) is 12.1 Å². The Hall–Kier alpha value is -1.59. The van der Waals surface area contributed by atoms with Gasteiger partial charge in [-0.15, -0.1) is 0 Å². The zero-order valence-corrected chi connectivity index (χ0v) is 11.2. The molecule has 0 unspecified atom stereocenters. The molecule has 0 aromatic heterocycles. The number of nitrogens with zero attached hydrogens (tertiary/aromatic N) is 1. The summed E-state index contributed by atoms with van der Waals surface area (Å²) in [5.41, 5.74) is 7.02. The van der Waals surface area contributed by atoms with E-state index >= 15 is 0 Å². The summed E-state index contributed by atoms with van der Waals surface area (Å²) in [5.74, 6) is 0.802. The van der Waals surface area contributed by atoms with Crippen LogP contribution in [0.5, 0.6) is 5.75 Å². The second-order valence-corrected chi connectivity index (χ2v) is 4.60. The zero-order chi connectivity index (χ0) is 13.7. The van der Waals surface area contributed by atoms with Crippen LogP contribution >= 0.6 is 0 Å². The molecule has 0 radical (unpaired) electrons. The van der Waals surface area contributed by atoms with E-state index in [9.17, 15) is 4.79 Å². The third-order valence-corrected chi connectivity index (χ3v) is 3.25. The van der Waals surface area contributed by atoms with Crippen molar-refractivity contribution in [2.75, 3.05) is 33.4 Å². The minimum atomic E-state index is -0.494. The first kappa shape index (κ1) is 13.8. The van der Waals surface area contributed by atoms with E-state index in [0.29, 0.717) is 32.7 Å². The maximum atomic E-state index is 12.1. The van der Waals surface area contributed by atoms with Gasteiger partial charge in [-0.05, 0) is 24.1 Å². The topological polar surface area (TPSA) is 64.8 Å². The van der Waals surface area contributed by atoms with E-state index in [-0.39, 0.29) is 5.91 Å². The van der Waals surface area contributed by atoms with Gasteiger partial charge in [-0.2, -0.15) is 0 Å². The number of rotatable bonds is 4. The number of carbonyl (C=O) groups excluding carboxylic acids is 1. The van der Waals surface area contributed by atoms with Gasteiger partial charge >= 0.3 is 0 Å². The highest BCUT2D eigenvalue weighted by atomic mass is 16.5. The first-order valence-corrected chi connectivity index (χ1v) is 6.46. The molecule has 19 heavy (non-hydrogen) atoms. The predicted molar refractivity (Wildman–Crippen MR) is 72.1 cm³/mol. The molecule has 5 heteroatoms. The number of hydrogen-bond donors (Lipinski definition) is 1. The van der Waals surface area contributed by atoms with Crippen LogP contribution in [0.1, 0.15) is 5.56 Å². The maximum Gasteiger partial charge on any atom is 0.239 e. The van der Waals surface area contributed by atoms with Gasteiger partial charge < -0.3 is 20.1 Å². The summed E-state index contributed by atoms with van der Waals surface area (Å²) >= 11 is 0. The summed E-state index contributed by atoms with van der Waals surface area (Å²) in [4.78, 5) is 13.9. The van der Waals surface area contributed by atoms with Crippen molar-refractivity contribution in [2.24, 2.45) is 5.73 Å². The number of hydrogen-bond acceptors (Lipinski definition) is 4. The standard InChI is InChI=1S/C14H20N2O3/c1-18-12-4-2-11(3-5-12)10-13(15)14(17)16-6-8-19-9-7-16/h2-5,13H,6-10,15H2,1H3/t13-/m0/s1. The van der Waals surface area contributed by atoms with Gasteiger partial charge in [0, 0.05) is 13.1 Å². The molecule has 2 N–H and O–H groups in total. The molecule has 0 aliphatic carbocycles. The van der Waals surface area contributed by atoms with Crippen LogP contribution in [0.15, 0.2) is 24.3 Å². The number of amides is 1. The fraction of sp³-hybridized carbons (Fsp3) is 0.500. The van der Waals surface area contributed by atoms with E-state index in [1.807, 2.05) is 24.3 Å². The van der Waals surface area contributed by atoms with E-state index in [4.69, 9.17) is 15.2 Å². The van der Waals surface area contributed by atoms with Crippen LogP contribution in [0, 0.1) is 0 Å². The van der Waals surface area contributed by atoms with Crippen LogP contribution < -0.4 is 10.5 Å². The smallest absolute Gasteiger partial charge is 0.239 e. The Morgan fingerprint density at radius 3 is 2.58 bits per heavy atom. The van der Waals surface area contributed by atoms with Crippen molar-refractivity contribution in [2.45, 2.75) is 12.5 Å². The van der Waals surface area contributed by atoms with Gasteiger partial charge in [0.25, 0.3) is 0 Å². The minimum Gasteiger partial charge on any atom is -0.497 e. The molecule has 1 fully saturated rings. The molecular formula is C14H20N2O3. The fourth-order valence-corrected chi connectivity index (χ4v) is 2.12. The molecule has 1 aromatic carbocycles. The number of methoxy groups -OCH3 is 1. The summed E-state index contributed by atoms with van der Waals surface area (Å²) in [6, 6.07) is 7.13. The second kappa shape index (κ2) is 6.54. The Bertz CT molecular complexity index is 413. The van der Waals surface area contributed by atoms with Crippen molar-refractivity contribution in [1.82, 2.24) is 4.90 Å². The van der Waals surface area contributed by atoms with Gasteiger partial charge in [-0.25, -0.2) is 0 Å². The van der Waals surface area contributed by atoms with Gasteiger partial charge in [0.05, 0.1) is 26.4 Å². The first-order valence-electron chi connectivity index (χ1n) is 6.46. The predicted octanol–water partition coefficient (Wildman–Crippen LogP) is 0.424. The van der Waals surface area contributed by atoms with Crippen molar-refractivity contribution in [1.29, 1.82) is 0 Å². The molecule has 0 spiro atoms. The molecule has 0 saturated carbocycles. The molecule has 1 heterocycles. The van der Waals surface area contributed by atoms with E-state index in [2.05, 4.69) is 0 Å². The summed E-state index contributed by atoms with van der Waals surface area (Å²) in [7, 11) is 1.63. The maximum absolute atomic E-state index is 12.1. The Labute approximate surface area is 113 Å². The lowest BCUT2D eigenvalue weighted by Gasteiger charge is -2.29. The van der Waals surface area contributed by atoms with Crippen LogP contribution in [0.2, 0.25) is 0 Å². The summed E-state index contributed by atoms with van der Waals surface area (Å²) in [5, 5.41) is 0. The third-order valence-electron chi connectivity index (χ3n) is 3.25. The summed E-state index contributed by atoms with van der Waals surface area (Å²) in [6.07, 6.45) is 0.542. The zero-order valence-electron chi connectivity index (χ0n) is 11.2. The van der Waals surface area contributed by atoms with E-state index in [1.54, 1.807) is 12.0 Å². The molecule has 0 bridgehead atoms. The lowest BCUT2D eigenvalue weighted by molar-refractivity contribution is -0.136. The largest absolute Gasteiger partial charge is 0.497 e. The van der Waals surface area contributed by atoms with Crippen molar-refractivity contribution >= 4 is 5.91 Å². The van der Waals surface area contributed by atoms with Gasteiger partial charge in [-0.3, -0.25) is 4.79 Å². The lowest BCUT2D eigenvalue weighted by atomic mass is 10.1. The van der Waals surface area contributed by atoms with Crippen LogP contribution in [0.3, 0.4) is 0 Å². The molecule has 1 aliphatic rings. The number of carbonyl (C=O) groups is 1. The van der Waals surface area contributed by atoms with Gasteiger partial charge in [0.1, 0.15) is 5.75 Å². The average molecular weight is 264 g/mol. The molecule has 1 aliphatic heterocycles. The van der Waals surface area contributed by atoms with Crippen LogP contribution in [-0.4, -0.2) is 50.3 Å². The minimum absolute atomic E-state index is 0.000817. The van der Waals surface area contributed by atoms with E-state index in [0.717, 1.165) is 11.3 Å². The van der Waals surface area contributed by atoms with Crippen molar-refractivity contribution in [3.05, 3.63) is 29.8 Å². The van der Waals surface area contributed by atoms with Crippen molar-refractivity contribution in [3.8, 4) is 5.75 Å². The molecule has 1 amide bonds. The SMILES string of the molecule is COc1ccc(C[C@H](N)C(=O)N2CCOCC2)cc1. The molecule has 104 valence electrons. The monoisotopic (exact) mass is 264 g/mol. The number of ether oxygens (including phenoxy) is 2. The molecule has 1 saturated heterocycles. The first-order chi connectivity index (χ1) is 9.20. The van der Waals surface area contributed by atoms with Crippen molar-refractivity contribution < 1.29 is 14.3 Å². The quantitative estimate of drug-likeness (QED) is 0.856. The Morgan fingerprint density at radius 1 is 1.37 bits per heavy atom. The molecule has 1 atom stereocenters. The average Bonchev–Trinajstić information content (AvgIpc) is 2.48. The molecule has 2 rings (SSSR count). The van der Waals surface area contributed by atoms with Crippen molar-refractivity contribution in [3.63, 3.8) is 0 Å². The number of nitrogens with two attached hydrogens (primary N) is 1. The van der Waals surface area contributed by atoms with E-state index in [1.165, 1.54) is 0 Å². The van der Waals surface area contributed by atoms with Gasteiger partial charge in [0.15, 0.2) is 0 Å². The fourth-order valence-electron chi connectivity index (χ4n) is 2.12. The highest BCUT2D eigenvalue weighted by molar-refractivity contribution is 5.82. The van der Waals surface area contributed by atoms with Crippen LogP contribution in [0.25, 0.3) is 0 Å². The third kappa shape index (κ3) is 3.68. The Morgan fingerprint density at radius 2 is 2.00 bits per heavy atom. The molecule has 1 aromatic rings. The number of benzene rings is 1. The molecule has 5 nitrogen and oxygen atoms in total. The Kier molecular flexibility index (Phi) is 4.76. The summed E-state index contributed by atoms with van der Waals surface area (Å²) < 4.78 is 10.3. The Balaban J connectivity index is 1.91. The highest BCUT2D eigenvalue weighted by Gasteiger charge is 2.22. The van der Waals surface area contributed by atoms with Crippen LogP contribution in [-0.2, 0) is 16.0 Å². The normalized spacial score (nSPS) is 17.1. The van der Waals surface area contributed by atoms with Crippen LogP contribution in [0.4, 0.5) is 0 Å². The van der Waals surface area contributed by atoms with E-state index < -0.39 is 6.04 Å². The molecular weight excluding hydrogens is 244 g/mol.